The molecule has 4 bridgehead atoms. The summed E-state index contributed by atoms with van der Waals surface area (Å²) in [5.74, 6) is 0.825. The fourth-order valence-electron chi connectivity index (χ4n) is 6.86. The summed E-state index contributed by atoms with van der Waals surface area (Å²) in [4.78, 5) is 11.9. The summed E-state index contributed by atoms with van der Waals surface area (Å²) in [6.07, 6.45) is 4.86. The highest BCUT2D eigenvalue weighted by molar-refractivity contribution is 7.85. The Labute approximate surface area is 178 Å². The summed E-state index contributed by atoms with van der Waals surface area (Å²) in [7, 11) is -3.95. The summed E-state index contributed by atoms with van der Waals surface area (Å²) in [6, 6.07) is 9.10. The summed E-state index contributed by atoms with van der Waals surface area (Å²) >= 11 is 0. The minimum Gasteiger partial charge on any atom is -0.480 e. The molecular formula is C22H32N2O5S. The third-order valence-corrected chi connectivity index (χ3v) is 8.53. The van der Waals surface area contributed by atoms with E-state index in [0.29, 0.717) is 36.6 Å². The van der Waals surface area contributed by atoms with Crippen LogP contribution in [0.1, 0.15) is 43.6 Å². The van der Waals surface area contributed by atoms with Gasteiger partial charge in [0.05, 0.1) is 5.75 Å². The number of nitrogens with two attached hydrogens (primary N) is 1. The van der Waals surface area contributed by atoms with Crippen LogP contribution in [0.25, 0.3) is 0 Å². The molecule has 7 nitrogen and oxygen atoms in total. The van der Waals surface area contributed by atoms with Gasteiger partial charge in [0.15, 0.2) is 0 Å². The SMILES string of the molecule is N[C@H](C(=O)O)C(c1ccccc1)C1C2CC3CC(C2)C(NCCCS(=O)(=O)O)C1C3. The van der Waals surface area contributed by atoms with Crippen LogP contribution < -0.4 is 11.1 Å². The number of hydrogen-bond donors (Lipinski definition) is 4. The Morgan fingerprint density at radius 3 is 2.50 bits per heavy atom. The highest BCUT2D eigenvalue weighted by Gasteiger charge is 2.56. The lowest BCUT2D eigenvalue weighted by Crippen LogP contribution is -2.61. The van der Waals surface area contributed by atoms with Gasteiger partial charge in [0.25, 0.3) is 10.1 Å². The number of benzene rings is 1. The Bertz CT molecular complexity index is 862. The highest BCUT2D eigenvalue weighted by Crippen LogP contribution is 2.60. The van der Waals surface area contributed by atoms with Crippen molar-refractivity contribution < 1.29 is 22.9 Å². The zero-order valence-corrected chi connectivity index (χ0v) is 17.9. The van der Waals surface area contributed by atoms with Gasteiger partial charge in [-0.25, -0.2) is 0 Å². The van der Waals surface area contributed by atoms with Crippen LogP contribution in [-0.4, -0.2) is 48.4 Å². The molecule has 5 rings (SSSR count). The zero-order chi connectivity index (χ0) is 21.5. The number of carbonyl (C=O) groups is 1. The second-order valence-electron chi connectivity index (χ2n) is 9.49. The molecule has 4 fully saturated rings. The van der Waals surface area contributed by atoms with Crippen molar-refractivity contribution in [2.24, 2.45) is 35.3 Å². The van der Waals surface area contributed by atoms with Gasteiger partial charge >= 0.3 is 5.97 Å². The van der Waals surface area contributed by atoms with Crippen molar-refractivity contribution in [3.8, 4) is 0 Å². The van der Waals surface area contributed by atoms with Crippen LogP contribution in [0, 0.1) is 29.6 Å². The molecule has 4 aliphatic rings. The number of nitrogens with one attached hydrogen (secondary N) is 1. The molecule has 0 spiro atoms. The molecule has 0 aromatic heterocycles. The van der Waals surface area contributed by atoms with E-state index in [2.05, 4.69) is 5.32 Å². The molecule has 4 aliphatic carbocycles. The molecule has 0 amide bonds. The van der Waals surface area contributed by atoms with Crippen molar-refractivity contribution in [2.45, 2.75) is 50.1 Å². The van der Waals surface area contributed by atoms with Crippen LogP contribution in [0.4, 0.5) is 0 Å². The van der Waals surface area contributed by atoms with Crippen LogP contribution in [0.3, 0.4) is 0 Å². The first kappa shape index (κ1) is 21.7. The minimum atomic E-state index is -3.95. The van der Waals surface area contributed by atoms with Gasteiger partial charge in [0, 0.05) is 12.0 Å². The van der Waals surface area contributed by atoms with Crippen molar-refractivity contribution in [2.75, 3.05) is 12.3 Å². The topological polar surface area (TPSA) is 130 Å². The van der Waals surface area contributed by atoms with Gasteiger partial charge in [-0.3, -0.25) is 9.35 Å². The maximum absolute atomic E-state index is 11.9. The van der Waals surface area contributed by atoms with Gasteiger partial charge in [-0.05, 0) is 73.8 Å². The molecule has 8 heteroatoms. The maximum Gasteiger partial charge on any atom is 0.321 e. The van der Waals surface area contributed by atoms with E-state index in [-0.39, 0.29) is 23.6 Å². The normalized spacial score (nSPS) is 34.6. The lowest BCUT2D eigenvalue weighted by Gasteiger charge is -2.60. The van der Waals surface area contributed by atoms with E-state index in [4.69, 9.17) is 10.3 Å². The van der Waals surface area contributed by atoms with Crippen LogP contribution in [-0.2, 0) is 14.9 Å². The standard InChI is InChI=1S/C22H32N2O5S/c23-20(22(25)26)19(14-5-2-1-3-6-14)18-15-9-13-10-16(12-15)21(17(18)11-13)24-7-4-8-30(27,28)29/h1-3,5-6,13,15-21,24H,4,7-12,23H2,(H,25,26)(H,27,28,29)/t13?,15?,16?,17?,18?,19?,20-,21?/m0/s1. The molecule has 5 N–H and O–H groups in total. The number of rotatable bonds is 9. The summed E-state index contributed by atoms with van der Waals surface area (Å²) < 4.78 is 31.0. The van der Waals surface area contributed by atoms with Crippen molar-refractivity contribution in [3.63, 3.8) is 0 Å². The molecule has 166 valence electrons. The van der Waals surface area contributed by atoms with E-state index >= 15 is 0 Å². The summed E-state index contributed by atoms with van der Waals surface area (Å²) in [6.45, 7) is 0.528. The van der Waals surface area contributed by atoms with E-state index in [1.54, 1.807) is 0 Å². The second kappa shape index (κ2) is 8.57. The summed E-state index contributed by atoms with van der Waals surface area (Å²) in [5, 5.41) is 13.3. The third kappa shape index (κ3) is 4.42. The van der Waals surface area contributed by atoms with Gasteiger partial charge < -0.3 is 16.2 Å². The van der Waals surface area contributed by atoms with E-state index in [9.17, 15) is 18.3 Å². The summed E-state index contributed by atoms with van der Waals surface area (Å²) in [5.41, 5.74) is 7.27. The number of carboxylic acids is 1. The first-order valence-corrected chi connectivity index (χ1v) is 12.6. The fourth-order valence-corrected chi connectivity index (χ4v) is 7.37. The Morgan fingerprint density at radius 1 is 1.13 bits per heavy atom. The molecule has 0 radical (unpaired) electrons. The van der Waals surface area contributed by atoms with Crippen LogP contribution in [0.5, 0.6) is 0 Å². The number of aliphatic carboxylic acids is 1. The first-order chi connectivity index (χ1) is 14.2. The monoisotopic (exact) mass is 436 g/mol. The highest BCUT2D eigenvalue weighted by atomic mass is 32.2. The zero-order valence-electron chi connectivity index (χ0n) is 17.1. The van der Waals surface area contributed by atoms with Gasteiger partial charge in [-0.1, -0.05) is 30.3 Å². The predicted molar refractivity (Wildman–Crippen MR) is 114 cm³/mol. The molecule has 0 heterocycles. The van der Waals surface area contributed by atoms with Crippen LogP contribution >= 0.6 is 0 Å². The van der Waals surface area contributed by atoms with E-state index < -0.39 is 22.1 Å². The Hall–Kier alpha value is -1.48. The first-order valence-electron chi connectivity index (χ1n) is 11.0. The van der Waals surface area contributed by atoms with Crippen LogP contribution in [0.15, 0.2) is 30.3 Å². The predicted octanol–water partition coefficient (Wildman–Crippen LogP) is 2.10. The Kier molecular flexibility index (Phi) is 6.21. The van der Waals surface area contributed by atoms with Gasteiger partial charge in [-0.2, -0.15) is 8.42 Å². The average Bonchev–Trinajstić information content (AvgIpc) is 2.68. The molecule has 7 unspecified atom stereocenters. The fraction of sp³-hybridized carbons (Fsp3) is 0.682. The smallest absolute Gasteiger partial charge is 0.321 e. The number of carboxylic acid groups (broad SMARTS) is 1. The Balaban J connectivity index is 1.57. The van der Waals surface area contributed by atoms with Crippen molar-refractivity contribution in [3.05, 3.63) is 35.9 Å². The molecule has 1 aromatic carbocycles. The average molecular weight is 437 g/mol. The molecule has 8 atom stereocenters. The van der Waals surface area contributed by atoms with Crippen LogP contribution in [0.2, 0.25) is 0 Å². The quantitative estimate of drug-likeness (QED) is 0.344. The number of hydrogen-bond acceptors (Lipinski definition) is 5. The molecule has 4 saturated carbocycles. The van der Waals surface area contributed by atoms with Gasteiger partial charge in [0.1, 0.15) is 6.04 Å². The van der Waals surface area contributed by atoms with E-state index in [0.717, 1.165) is 24.8 Å². The van der Waals surface area contributed by atoms with Gasteiger partial charge in [0.2, 0.25) is 0 Å². The molecular weight excluding hydrogens is 404 g/mol. The second-order valence-corrected chi connectivity index (χ2v) is 11.1. The molecule has 0 aliphatic heterocycles. The molecule has 1 aromatic rings. The van der Waals surface area contributed by atoms with Crippen molar-refractivity contribution in [1.29, 1.82) is 0 Å². The lowest BCUT2D eigenvalue weighted by molar-refractivity contribution is -0.141. The molecule has 30 heavy (non-hydrogen) atoms. The molecule has 0 saturated heterocycles. The minimum absolute atomic E-state index is 0.199. The lowest BCUT2D eigenvalue weighted by atomic mass is 9.46. The van der Waals surface area contributed by atoms with E-state index in [1.807, 2.05) is 30.3 Å². The van der Waals surface area contributed by atoms with Crippen molar-refractivity contribution in [1.82, 2.24) is 5.32 Å². The largest absolute Gasteiger partial charge is 0.480 e. The Morgan fingerprint density at radius 2 is 1.83 bits per heavy atom. The van der Waals surface area contributed by atoms with E-state index in [1.165, 1.54) is 6.42 Å². The van der Waals surface area contributed by atoms with Crippen molar-refractivity contribution >= 4 is 16.1 Å². The van der Waals surface area contributed by atoms with Gasteiger partial charge in [-0.15, -0.1) is 0 Å². The maximum atomic E-state index is 11.9. The third-order valence-electron chi connectivity index (χ3n) is 7.72.